The molecule has 164 valence electrons. The van der Waals surface area contributed by atoms with Crippen LogP contribution in [0.1, 0.15) is 45.7 Å². The second kappa shape index (κ2) is 9.92. The summed E-state index contributed by atoms with van der Waals surface area (Å²) in [5.41, 5.74) is 10.4. The molecule has 5 N–H and O–H groups in total. The summed E-state index contributed by atoms with van der Waals surface area (Å²) in [6.45, 7) is 6.66. The van der Waals surface area contributed by atoms with E-state index >= 15 is 0 Å². The Balaban J connectivity index is 1.85. The number of amides is 2. The van der Waals surface area contributed by atoms with E-state index in [9.17, 15) is 9.59 Å². The molecule has 0 radical (unpaired) electrons. The van der Waals surface area contributed by atoms with Gasteiger partial charge in [0.25, 0.3) is 11.8 Å². The van der Waals surface area contributed by atoms with E-state index in [2.05, 4.69) is 10.6 Å². The van der Waals surface area contributed by atoms with Crippen molar-refractivity contribution in [2.24, 2.45) is 11.7 Å². The standard InChI is InChI=1S/C26H28N4O2/c1-16(2)15-29-25(31)19-10-13-21(17(3)14-19)22-6-4-5-7-23(22)26(32)30-20-11-8-18(9-12-20)24(27)28/h4-14,16H,15H2,1-3H3,(H3,27,28)(H,29,31)(H,30,32). The molecule has 0 aliphatic carbocycles. The number of aryl methyl sites for hydroxylation is 1. The smallest absolute Gasteiger partial charge is 0.256 e. The van der Waals surface area contributed by atoms with Crippen molar-refractivity contribution < 1.29 is 9.59 Å². The van der Waals surface area contributed by atoms with Gasteiger partial charge in [0.15, 0.2) is 0 Å². The van der Waals surface area contributed by atoms with Gasteiger partial charge in [-0.05, 0) is 72.0 Å². The summed E-state index contributed by atoms with van der Waals surface area (Å²) < 4.78 is 0. The molecule has 0 aliphatic heterocycles. The van der Waals surface area contributed by atoms with Crippen LogP contribution in [0.15, 0.2) is 66.7 Å². The maximum Gasteiger partial charge on any atom is 0.256 e. The maximum absolute atomic E-state index is 13.0. The summed E-state index contributed by atoms with van der Waals surface area (Å²) in [6, 6.07) is 19.7. The normalized spacial score (nSPS) is 10.6. The lowest BCUT2D eigenvalue weighted by atomic mass is 9.94. The lowest BCUT2D eigenvalue weighted by Crippen LogP contribution is -2.27. The van der Waals surface area contributed by atoms with E-state index < -0.39 is 0 Å². The van der Waals surface area contributed by atoms with Crippen molar-refractivity contribution >= 4 is 23.3 Å². The second-order valence-electron chi connectivity index (χ2n) is 8.12. The lowest BCUT2D eigenvalue weighted by Gasteiger charge is -2.14. The molecule has 0 saturated carbocycles. The first-order chi connectivity index (χ1) is 15.3. The molecule has 3 rings (SSSR count). The Labute approximate surface area is 188 Å². The number of rotatable bonds is 7. The van der Waals surface area contributed by atoms with Crippen LogP contribution in [0.3, 0.4) is 0 Å². The average molecular weight is 429 g/mol. The number of carbonyl (C=O) groups is 2. The van der Waals surface area contributed by atoms with E-state index in [0.717, 1.165) is 16.7 Å². The number of amidine groups is 1. The lowest BCUT2D eigenvalue weighted by molar-refractivity contribution is 0.0948. The summed E-state index contributed by atoms with van der Waals surface area (Å²) in [5, 5.41) is 13.3. The topological polar surface area (TPSA) is 108 Å². The van der Waals surface area contributed by atoms with E-state index in [1.807, 2.05) is 51.1 Å². The van der Waals surface area contributed by atoms with E-state index in [0.29, 0.717) is 34.8 Å². The summed E-state index contributed by atoms with van der Waals surface area (Å²) in [5.74, 6) is 0.0103. The molecular weight excluding hydrogens is 400 g/mol. The van der Waals surface area contributed by atoms with Gasteiger partial charge in [-0.15, -0.1) is 0 Å². The van der Waals surface area contributed by atoms with Gasteiger partial charge in [0.05, 0.1) is 0 Å². The highest BCUT2D eigenvalue weighted by molar-refractivity contribution is 6.09. The Morgan fingerprint density at radius 2 is 1.56 bits per heavy atom. The Bertz CT molecular complexity index is 1150. The Morgan fingerprint density at radius 1 is 0.906 bits per heavy atom. The van der Waals surface area contributed by atoms with Crippen LogP contribution in [-0.4, -0.2) is 24.2 Å². The van der Waals surface area contributed by atoms with Crippen molar-refractivity contribution in [2.45, 2.75) is 20.8 Å². The molecule has 6 heteroatoms. The van der Waals surface area contributed by atoms with E-state index in [-0.39, 0.29) is 17.6 Å². The molecule has 0 unspecified atom stereocenters. The van der Waals surface area contributed by atoms with Crippen molar-refractivity contribution in [2.75, 3.05) is 11.9 Å². The van der Waals surface area contributed by atoms with Crippen LogP contribution in [-0.2, 0) is 0 Å². The molecule has 2 amide bonds. The van der Waals surface area contributed by atoms with E-state index in [1.165, 1.54) is 0 Å². The average Bonchev–Trinajstić information content (AvgIpc) is 2.77. The van der Waals surface area contributed by atoms with Gasteiger partial charge in [-0.3, -0.25) is 15.0 Å². The first-order valence-electron chi connectivity index (χ1n) is 10.5. The maximum atomic E-state index is 13.0. The van der Waals surface area contributed by atoms with Crippen LogP contribution in [0.25, 0.3) is 11.1 Å². The molecule has 0 aliphatic rings. The molecule has 0 bridgehead atoms. The summed E-state index contributed by atoms with van der Waals surface area (Å²) in [6.07, 6.45) is 0. The van der Waals surface area contributed by atoms with Crippen molar-refractivity contribution in [1.82, 2.24) is 5.32 Å². The van der Waals surface area contributed by atoms with Crippen molar-refractivity contribution in [3.63, 3.8) is 0 Å². The molecule has 0 atom stereocenters. The van der Waals surface area contributed by atoms with E-state index in [4.69, 9.17) is 11.1 Å². The van der Waals surface area contributed by atoms with Crippen LogP contribution in [0, 0.1) is 18.3 Å². The predicted octanol–water partition coefficient (Wildman–Crippen LogP) is 4.58. The zero-order valence-electron chi connectivity index (χ0n) is 18.5. The molecule has 0 fully saturated rings. The fraction of sp³-hybridized carbons (Fsp3) is 0.192. The number of nitrogen functional groups attached to an aromatic ring is 1. The fourth-order valence-corrected chi connectivity index (χ4v) is 3.35. The highest BCUT2D eigenvalue weighted by Gasteiger charge is 2.16. The number of anilines is 1. The van der Waals surface area contributed by atoms with Gasteiger partial charge in [0.1, 0.15) is 5.84 Å². The Hall–Kier alpha value is -3.93. The van der Waals surface area contributed by atoms with Gasteiger partial charge in [-0.2, -0.15) is 0 Å². The summed E-state index contributed by atoms with van der Waals surface area (Å²) in [4.78, 5) is 25.4. The molecule has 0 aromatic heterocycles. The minimum absolute atomic E-state index is 0.0231. The number of benzene rings is 3. The van der Waals surface area contributed by atoms with Gasteiger partial charge in [-0.25, -0.2) is 0 Å². The number of hydrogen-bond donors (Lipinski definition) is 4. The van der Waals surface area contributed by atoms with Crippen LogP contribution in [0.2, 0.25) is 0 Å². The van der Waals surface area contributed by atoms with Crippen LogP contribution >= 0.6 is 0 Å². The second-order valence-corrected chi connectivity index (χ2v) is 8.12. The first-order valence-corrected chi connectivity index (χ1v) is 10.5. The predicted molar refractivity (Wildman–Crippen MR) is 129 cm³/mol. The molecule has 3 aromatic rings. The number of nitrogens with two attached hydrogens (primary N) is 1. The monoisotopic (exact) mass is 428 g/mol. The summed E-state index contributed by atoms with van der Waals surface area (Å²) >= 11 is 0. The van der Waals surface area contributed by atoms with Gasteiger partial charge in [0, 0.05) is 28.9 Å². The zero-order valence-corrected chi connectivity index (χ0v) is 18.5. The first kappa shape index (κ1) is 22.7. The molecule has 6 nitrogen and oxygen atoms in total. The van der Waals surface area contributed by atoms with Crippen LogP contribution < -0.4 is 16.4 Å². The van der Waals surface area contributed by atoms with Gasteiger partial charge >= 0.3 is 0 Å². The van der Waals surface area contributed by atoms with Gasteiger partial charge in [0.2, 0.25) is 0 Å². The minimum atomic E-state index is -0.241. The molecule has 0 heterocycles. The zero-order chi connectivity index (χ0) is 23.3. The van der Waals surface area contributed by atoms with E-state index in [1.54, 1.807) is 36.4 Å². The SMILES string of the molecule is Cc1cc(C(=O)NCC(C)C)ccc1-c1ccccc1C(=O)Nc1ccc(C(=N)N)cc1. The number of carbonyl (C=O) groups excluding carboxylic acids is 2. The third-order valence-electron chi connectivity index (χ3n) is 5.08. The molecular formula is C26H28N4O2. The van der Waals surface area contributed by atoms with Crippen molar-refractivity contribution in [3.8, 4) is 11.1 Å². The third kappa shape index (κ3) is 5.40. The highest BCUT2D eigenvalue weighted by Crippen LogP contribution is 2.28. The van der Waals surface area contributed by atoms with Gasteiger partial charge in [-0.1, -0.05) is 38.1 Å². The summed E-state index contributed by atoms with van der Waals surface area (Å²) in [7, 11) is 0. The third-order valence-corrected chi connectivity index (χ3v) is 5.08. The molecule has 0 spiro atoms. The van der Waals surface area contributed by atoms with Crippen molar-refractivity contribution in [1.29, 1.82) is 5.41 Å². The minimum Gasteiger partial charge on any atom is -0.384 e. The highest BCUT2D eigenvalue weighted by atomic mass is 16.2. The van der Waals surface area contributed by atoms with Gasteiger partial charge < -0.3 is 16.4 Å². The van der Waals surface area contributed by atoms with Crippen LogP contribution in [0.5, 0.6) is 0 Å². The quantitative estimate of drug-likeness (QED) is 0.327. The molecule has 3 aromatic carbocycles. The molecule has 32 heavy (non-hydrogen) atoms. The van der Waals surface area contributed by atoms with Crippen molar-refractivity contribution in [3.05, 3.63) is 89.0 Å². The molecule has 0 saturated heterocycles. The number of nitrogens with one attached hydrogen (secondary N) is 3. The Morgan fingerprint density at radius 3 is 2.19 bits per heavy atom. The number of hydrogen-bond acceptors (Lipinski definition) is 3. The Kier molecular flexibility index (Phi) is 7.05. The van der Waals surface area contributed by atoms with Crippen LogP contribution in [0.4, 0.5) is 5.69 Å². The fourth-order valence-electron chi connectivity index (χ4n) is 3.35. The largest absolute Gasteiger partial charge is 0.384 e.